The van der Waals surface area contributed by atoms with E-state index in [1.54, 1.807) is 0 Å². The van der Waals surface area contributed by atoms with E-state index >= 15 is 0 Å². The molecule has 0 aromatic rings. The maximum atomic E-state index is 10.9. The van der Waals surface area contributed by atoms with E-state index in [0.717, 1.165) is 23.5 Å². The number of ether oxygens (including phenoxy) is 3. The van der Waals surface area contributed by atoms with Crippen LogP contribution in [-0.2, 0) is 34.9 Å². The Labute approximate surface area is 229 Å². The zero-order valence-electron chi connectivity index (χ0n) is 19.8. The first-order valence-corrected chi connectivity index (χ1v) is 16.0. The summed E-state index contributed by atoms with van der Waals surface area (Å²) in [5.41, 5.74) is -3.32. The number of aliphatic hydroxyl groups is 10. The van der Waals surface area contributed by atoms with Crippen LogP contribution < -0.4 is 0 Å². The topological polar surface area (TPSA) is 230 Å². The maximum absolute atomic E-state index is 10.9. The van der Waals surface area contributed by atoms with Crippen molar-refractivity contribution in [2.75, 3.05) is 25.6 Å². The van der Waals surface area contributed by atoms with Crippen LogP contribution in [0.15, 0.2) is 0 Å². The molecule has 0 bridgehead atoms. The minimum atomic E-state index is -1.65. The van der Waals surface area contributed by atoms with Crippen LogP contribution >= 0.6 is 23.5 Å². The third-order valence-electron chi connectivity index (χ3n) is 6.62. The molecule has 0 spiro atoms. The van der Waals surface area contributed by atoms with Gasteiger partial charge in [-0.15, -0.1) is 23.5 Å². The second kappa shape index (κ2) is 14.1. The lowest BCUT2D eigenvalue weighted by atomic mass is 10.0. The van der Waals surface area contributed by atoms with E-state index in [1.165, 1.54) is 0 Å². The van der Waals surface area contributed by atoms with Gasteiger partial charge >= 0.3 is 0 Å². The molecule has 3 heterocycles. The minimum absolute atomic E-state index is 0.515. The maximum Gasteiger partial charge on any atom is 0.136 e. The summed E-state index contributed by atoms with van der Waals surface area (Å²) in [6.07, 6.45) is -14.0. The molecule has 0 aromatic carbocycles. The molecule has 17 heteroatoms. The molecule has 0 radical (unpaired) electrons. The largest absolute Gasteiger partial charge is 0.394 e. The van der Waals surface area contributed by atoms with Gasteiger partial charge in [-0.3, -0.25) is 0 Å². The van der Waals surface area contributed by atoms with Crippen LogP contribution in [0.4, 0.5) is 0 Å². The molecule has 11 unspecified atom stereocenters. The summed E-state index contributed by atoms with van der Waals surface area (Å²) < 4.78 is 17.1. The normalized spacial score (nSPS) is 50.1. The highest BCUT2D eigenvalue weighted by Crippen LogP contribution is 2.42. The van der Waals surface area contributed by atoms with E-state index < -0.39 is 117 Å². The fourth-order valence-corrected chi connectivity index (χ4v) is 8.94. The van der Waals surface area contributed by atoms with Crippen LogP contribution in [0.25, 0.3) is 0 Å². The van der Waals surface area contributed by atoms with Gasteiger partial charge in [-0.2, -0.15) is 0 Å². The number of hydrogen-bond acceptors (Lipinski definition) is 16. The average molecular weight is 613 g/mol. The first-order valence-electron chi connectivity index (χ1n) is 11.7. The van der Waals surface area contributed by atoms with Crippen molar-refractivity contribution in [3.05, 3.63) is 0 Å². The SMILES string of the molecule is CCS(=S)[C@@H]1OC(CO)[C@@H](SC2OC(CO)[C@@H](S[C@@H]3OC(CO)[C@@H](O)C(O)C3O)C(O)C2O)C(O)C1O. The van der Waals surface area contributed by atoms with E-state index in [2.05, 4.69) is 0 Å². The molecule has 0 aromatic heterocycles. The minimum Gasteiger partial charge on any atom is -0.394 e. The molecule has 0 aliphatic carbocycles. The van der Waals surface area contributed by atoms with Crippen molar-refractivity contribution in [2.24, 2.45) is 0 Å². The quantitative estimate of drug-likeness (QED) is 0.117. The molecule has 3 aliphatic rings. The van der Waals surface area contributed by atoms with Crippen LogP contribution in [0.3, 0.4) is 0 Å². The molecule has 37 heavy (non-hydrogen) atoms. The highest BCUT2D eigenvalue weighted by Gasteiger charge is 2.53. The average Bonchev–Trinajstić information content (AvgIpc) is 2.90. The summed E-state index contributed by atoms with van der Waals surface area (Å²) >= 11 is 6.90. The summed E-state index contributed by atoms with van der Waals surface area (Å²) in [5, 5.41) is 101. The molecule has 0 saturated carbocycles. The second-order valence-corrected chi connectivity index (χ2v) is 14.6. The third-order valence-corrected chi connectivity index (χ3v) is 12.5. The van der Waals surface area contributed by atoms with E-state index in [4.69, 9.17) is 25.4 Å². The fourth-order valence-electron chi connectivity index (χ4n) is 4.42. The Morgan fingerprint density at radius 2 is 1.03 bits per heavy atom. The molecule has 3 saturated heterocycles. The van der Waals surface area contributed by atoms with Gasteiger partial charge in [0.25, 0.3) is 0 Å². The Balaban J connectivity index is 1.72. The van der Waals surface area contributed by atoms with Crippen molar-refractivity contribution >= 4 is 44.2 Å². The Morgan fingerprint density at radius 1 is 0.595 bits per heavy atom. The van der Waals surface area contributed by atoms with Gasteiger partial charge < -0.3 is 65.3 Å². The predicted molar refractivity (Wildman–Crippen MR) is 137 cm³/mol. The fraction of sp³-hybridized carbons (Fsp3) is 1.00. The zero-order chi connectivity index (χ0) is 27.6. The van der Waals surface area contributed by atoms with Crippen molar-refractivity contribution in [3.63, 3.8) is 0 Å². The van der Waals surface area contributed by atoms with E-state index in [9.17, 15) is 51.1 Å². The summed E-state index contributed by atoms with van der Waals surface area (Å²) in [6, 6.07) is 0. The van der Waals surface area contributed by atoms with E-state index in [1.807, 2.05) is 6.92 Å². The lowest BCUT2D eigenvalue weighted by Gasteiger charge is -2.48. The van der Waals surface area contributed by atoms with Crippen molar-refractivity contribution in [1.82, 2.24) is 0 Å². The second-order valence-electron chi connectivity index (χ2n) is 8.98. The summed E-state index contributed by atoms with van der Waals surface area (Å²) in [7, 11) is -0.805. The molecule has 0 amide bonds. The Morgan fingerprint density at radius 3 is 1.51 bits per heavy atom. The van der Waals surface area contributed by atoms with Crippen LogP contribution in [-0.4, -0.2) is 164 Å². The van der Waals surface area contributed by atoms with Crippen molar-refractivity contribution in [2.45, 2.75) is 94.8 Å². The molecular weight excluding hydrogens is 576 g/mol. The van der Waals surface area contributed by atoms with Gasteiger partial charge in [0.1, 0.15) is 52.9 Å². The first kappa shape index (κ1) is 32.3. The van der Waals surface area contributed by atoms with Crippen LogP contribution in [0, 0.1) is 0 Å². The standard InChI is InChI=1S/C20H36O13S4/c1-2-37(34)20-15(30)12(27)17(8(5-23)33-20)36-19-14(29)11(26)16(7(4-22)32-19)35-18-13(28)10(25)9(24)6(3-21)31-18/h6-30H,2-5H2,1H3/t6?,7?,8?,9-,10?,11?,12?,13?,14?,15?,16-,17-,18+,19?,20+,37?/m1/s1. The lowest BCUT2D eigenvalue weighted by molar-refractivity contribution is -0.206. The lowest BCUT2D eigenvalue weighted by Crippen LogP contribution is -2.62. The molecule has 3 rings (SSSR count). The number of aliphatic hydroxyl groups excluding tert-OH is 10. The summed E-state index contributed by atoms with van der Waals surface area (Å²) in [6.45, 7) is 0.0299. The van der Waals surface area contributed by atoms with E-state index in [-0.39, 0.29) is 0 Å². The molecular formula is C20H36O13S4. The number of hydrogen-bond donors (Lipinski definition) is 10. The monoisotopic (exact) mass is 612 g/mol. The third kappa shape index (κ3) is 6.81. The van der Waals surface area contributed by atoms with Crippen molar-refractivity contribution < 1.29 is 65.3 Å². The van der Waals surface area contributed by atoms with Gasteiger partial charge in [-0.25, -0.2) is 0 Å². The molecule has 3 aliphatic heterocycles. The highest BCUT2D eigenvalue weighted by atomic mass is 32.8. The van der Waals surface area contributed by atoms with Crippen LogP contribution in [0.2, 0.25) is 0 Å². The van der Waals surface area contributed by atoms with Gasteiger partial charge in [0, 0.05) is 0 Å². The summed E-state index contributed by atoms with van der Waals surface area (Å²) in [5.74, 6) is 0.516. The van der Waals surface area contributed by atoms with Gasteiger partial charge in [0.2, 0.25) is 0 Å². The Bertz CT molecular complexity index is 749. The molecule has 10 N–H and O–H groups in total. The van der Waals surface area contributed by atoms with Gasteiger partial charge in [0.15, 0.2) is 0 Å². The van der Waals surface area contributed by atoms with Crippen molar-refractivity contribution in [3.8, 4) is 0 Å². The predicted octanol–water partition coefficient (Wildman–Crippen LogP) is -5.03. The molecule has 3 fully saturated rings. The molecule has 218 valence electrons. The Kier molecular flexibility index (Phi) is 12.3. The van der Waals surface area contributed by atoms with Crippen molar-refractivity contribution in [1.29, 1.82) is 0 Å². The Hall–Kier alpha value is 0.750. The first-order chi connectivity index (χ1) is 17.5. The number of rotatable bonds is 9. The van der Waals surface area contributed by atoms with Gasteiger partial charge in [-0.05, 0) is 16.9 Å². The van der Waals surface area contributed by atoms with Gasteiger partial charge in [0.05, 0.1) is 54.7 Å². The van der Waals surface area contributed by atoms with E-state index in [0.29, 0.717) is 5.75 Å². The van der Waals surface area contributed by atoms with Crippen LogP contribution in [0.5, 0.6) is 0 Å². The van der Waals surface area contributed by atoms with Gasteiger partial charge in [-0.1, -0.05) is 16.4 Å². The zero-order valence-corrected chi connectivity index (χ0v) is 23.1. The summed E-state index contributed by atoms with van der Waals surface area (Å²) in [4.78, 5) is 0. The molecule has 13 nitrogen and oxygen atoms in total. The molecule has 16 atom stereocenters. The highest BCUT2D eigenvalue weighted by molar-refractivity contribution is 8.29. The smallest absolute Gasteiger partial charge is 0.136 e. The van der Waals surface area contributed by atoms with Crippen LogP contribution in [0.1, 0.15) is 6.92 Å². The number of thioether (sulfide) groups is 2.